The molecule has 11 rings (SSSR count). The van der Waals surface area contributed by atoms with Gasteiger partial charge in [-0.3, -0.25) is 0 Å². The Morgan fingerprint density at radius 1 is 0.288 bits per heavy atom. The van der Waals surface area contributed by atoms with Crippen LogP contribution in [0.4, 0.5) is 0 Å². The summed E-state index contributed by atoms with van der Waals surface area (Å²) in [5, 5.41) is 2.37. The highest BCUT2D eigenvalue weighted by Gasteiger charge is 2.46. The standard InChI is InChI=1S/C56H37N3/c1-5-20-39(21-6-1)53-57-54(40-22-7-2-8-23-40)59-55(58-53)42-25-17-24-41(37-42)51-45-30-14-13-19-38(45)35-36-47(51)46-32-18-34-50-52(46)48-31-15-16-33-49(48)56(50,43-26-9-3-10-27-43)44-28-11-4-12-29-44/h1-37H. The minimum absolute atomic E-state index is 0.493. The Morgan fingerprint density at radius 3 is 1.41 bits per heavy atom. The maximum Gasteiger partial charge on any atom is 0.164 e. The average molecular weight is 752 g/mol. The monoisotopic (exact) mass is 751 g/mol. The third-order valence-corrected chi connectivity index (χ3v) is 11.8. The lowest BCUT2D eigenvalue weighted by atomic mass is 9.67. The molecule has 0 spiro atoms. The number of nitrogens with zero attached hydrogens (tertiary/aromatic N) is 3. The predicted molar refractivity (Wildman–Crippen MR) is 242 cm³/mol. The fraction of sp³-hybridized carbons (Fsp3) is 0.0179. The highest BCUT2D eigenvalue weighted by atomic mass is 15.0. The van der Waals surface area contributed by atoms with Gasteiger partial charge in [-0.25, -0.2) is 15.0 Å². The van der Waals surface area contributed by atoms with Crippen molar-refractivity contribution >= 4 is 10.8 Å². The molecule has 0 atom stereocenters. The van der Waals surface area contributed by atoms with Crippen LogP contribution in [0.3, 0.4) is 0 Å². The van der Waals surface area contributed by atoms with E-state index in [2.05, 4.69) is 164 Å². The number of hydrogen-bond donors (Lipinski definition) is 0. The topological polar surface area (TPSA) is 38.7 Å². The van der Waals surface area contributed by atoms with E-state index in [4.69, 9.17) is 15.0 Å². The number of aromatic nitrogens is 3. The summed E-state index contributed by atoms with van der Waals surface area (Å²) in [4.78, 5) is 15.2. The van der Waals surface area contributed by atoms with Crippen molar-refractivity contribution in [3.63, 3.8) is 0 Å². The van der Waals surface area contributed by atoms with Crippen molar-refractivity contribution in [1.29, 1.82) is 0 Å². The fourth-order valence-corrected chi connectivity index (χ4v) is 9.28. The lowest BCUT2D eigenvalue weighted by Gasteiger charge is -2.34. The Hall–Kier alpha value is -7.75. The molecule has 9 aromatic carbocycles. The molecule has 0 N–H and O–H groups in total. The van der Waals surface area contributed by atoms with Gasteiger partial charge in [-0.15, -0.1) is 0 Å². The molecule has 276 valence electrons. The van der Waals surface area contributed by atoms with Crippen LogP contribution in [0.25, 0.3) is 78.3 Å². The van der Waals surface area contributed by atoms with Crippen LogP contribution in [0, 0.1) is 0 Å². The number of rotatable bonds is 7. The van der Waals surface area contributed by atoms with Gasteiger partial charge in [-0.2, -0.15) is 0 Å². The first-order valence-corrected chi connectivity index (χ1v) is 20.1. The molecule has 10 aromatic rings. The van der Waals surface area contributed by atoms with Gasteiger partial charge in [-0.05, 0) is 72.5 Å². The second-order valence-electron chi connectivity index (χ2n) is 15.1. The van der Waals surface area contributed by atoms with Gasteiger partial charge in [0.15, 0.2) is 17.5 Å². The Balaban J connectivity index is 1.16. The van der Waals surface area contributed by atoms with E-state index >= 15 is 0 Å². The predicted octanol–water partition coefficient (Wildman–Crippen LogP) is 13.7. The third kappa shape index (κ3) is 5.70. The van der Waals surface area contributed by atoms with Crippen LogP contribution < -0.4 is 0 Å². The molecule has 0 unspecified atom stereocenters. The summed E-state index contributed by atoms with van der Waals surface area (Å²) in [6.07, 6.45) is 0. The van der Waals surface area contributed by atoms with Gasteiger partial charge in [0.1, 0.15) is 0 Å². The molecule has 3 heteroatoms. The van der Waals surface area contributed by atoms with Crippen molar-refractivity contribution in [3.8, 4) is 67.5 Å². The molecule has 3 nitrogen and oxygen atoms in total. The molecule has 0 amide bonds. The van der Waals surface area contributed by atoms with Gasteiger partial charge < -0.3 is 0 Å². The molecule has 0 saturated heterocycles. The van der Waals surface area contributed by atoms with Crippen LogP contribution in [-0.4, -0.2) is 15.0 Å². The summed E-state index contributed by atoms with van der Waals surface area (Å²) in [6.45, 7) is 0. The Labute approximate surface area is 344 Å². The van der Waals surface area contributed by atoms with Crippen molar-refractivity contribution in [2.75, 3.05) is 0 Å². The zero-order valence-corrected chi connectivity index (χ0v) is 32.2. The van der Waals surface area contributed by atoms with Crippen molar-refractivity contribution in [3.05, 3.63) is 247 Å². The minimum Gasteiger partial charge on any atom is -0.208 e. The number of benzene rings is 9. The lowest BCUT2D eigenvalue weighted by Crippen LogP contribution is -2.28. The normalized spacial score (nSPS) is 12.5. The van der Waals surface area contributed by atoms with Crippen molar-refractivity contribution < 1.29 is 0 Å². The Kier molecular flexibility index (Phi) is 8.37. The third-order valence-electron chi connectivity index (χ3n) is 11.8. The van der Waals surface area contributed by atoms with Crippen LogP contribution in [0.1, 0.15) is 22.3 Å². The van der Waals surface area contributed by atoms with Crippen LogP contribution in [0.5, 0.6) is 0 Å². The Bertz CT molecular complexity index is 3040. The first-order chi connectivity index (χ1) is 29.3. The zero-order valence-electron chi connectivity index (χ0n) is 32.2. The first kappa shape index (κ1) is 34.5. The quantitative estimate of drug-likeness (QED) is 0.163. The van der Waals surface area contributed by atoms with Gasteiger partial charge in [-0.1, -0.05) is 218 Å². The van der Waals surface area contributed by atoms with Crippen LogP contribution in [0.15, 0.2) is 224 Å². The average Bonchev–Trinajstić information content (AvgIpc) is 3.63. The molecule has 0 bridgehead atoms. The van der Waals surface area contributed by atoms with Crippen molar-refractivity contribution in [1.82, 2.24) is 15.0 Å². The van der Waals surface area contributed by atoms with E-state index in [1.807, 2.05) is 60.7 Å². The summed E-state index contributed by atoms with van der Waals surface area (Å²) >= 11 is 0. The molecule has 0 saturated carbocycles. The van der Waals surface area contributed by atoms with Crippen molar-refractivity contribution in [2.24, 2.45) is 0 Å². The van der Waals surface area contributed by atoms with E-state index in [1.165, 1.54) is 60.8 Å². The van der Waals surface area contributed by atoms with Crippen LogP contribution >= 0.6 is 0 Å². The molecule has 0 aliphatic heterocycles. The highest BCUT2D eigenvalue weighted by Crippen LogP contribution is 2.59. The number of hydrogen-bond acceptors (Lipinski definition) is 3. The van der Waals surface area contributed by atoms with Gasteiger partial charge in [0.05, 0.1) is 5.41 Å². The van der Waals surface area contributed by atoms with Crippen LogP contribution in [0.2, 0.25) is 0 Å². The summed E-state index contributed by atoms with van der Waals surface area (Å²) in [5.74, 6) is 1.92. The van der Waals surface area contributed by atoms with E-state index in [-0.39, 0.29) is 0 Å². The lowest BCUT2D eigenvalue weighted by molar-refractivity contribution is 0.768. The zero-order chi connectivity index (χ0) is 39.2. The molecular formula is C56H37N3. The van der Waals surface area contributed by atoms with E-state index in [0.717, 1.165) is 22.3 Å². The molecule has 1 heterocycles. The van der Waals surface area contributed by atoms with Gasteiger partial charge in [0, 0.05) is 16.7 Å². The second kappa shape index (κ2) is 14.3. The SMILES string of the molecule is c1ccc(-c2nc(-c3ccccc3)nc(-c3cccc(-c4c(-c5cccc6c5-c5ccccc5C6(c5ccccc5)c5ccccc5)ccc5ccccc45)c3)n2)cc1. The van der Waals surface area contributed by atoms with Gasteiger partial charge >= 0.3 is 0 Å². The summed E-state index contributed by atoms with van der Waals surface area (Å²) in [6, 6.07) is 80.2. The highest BCUT2D eigenvalue weighted by molar-refractivity contribution is 6.08. The maximum absolute atomic E-state index is 5.10. The Morgan fingerprint density at radius 2 is 0.746 bits per heavy atom. The largest absolute Gasteiger partial charge is 0.208 e. The van der Waals surface area contributed by atoms with Crippen LogP contribution in [-0.2, 0) is 5.41 Å². The van der Waals surface area contributed by atoms with Gasteiger partial charge in [0.2, 0.25) is 0 Å². The summed E-state index contributed by atoms with van der Waals surface area (Å²) < 4.78 is 0. The molecule has 0 fully saturated rings. The van der Waals surface area contributed by atoms with E-state index < -0.39 is 5.41 Å². The fourth-order valence-electron chi connectivity index (χ4n) is 9.28. The van der Waals surface area contributed by atoms with E-state index in [1.54, 1.807) is 0 Å². The number of fused-ring (bicyclic) bond motifs is 4. The van der Waals surface area contributed by atoms with Crippen molar-refractivity contribution in [2.45, 2.75) is 5.41 Å². The summed E-state index contributed by atoms with van der Waals surface area (Å²) in [5.41, 5.74) is 14.6. The molecule has 1 aliphatic rings. The molecule has 0 radical (unpaired) electrons. The minimum atomic E-state index is -0.493. The maximum atomic E-state index is 5.10. The first-order valence-electron chi connectivity index (χ1n) is 20.1. The smallest absolute Gasteiger partial charge is 0.164 e. The molecular weight excluding hydrogens is 715 g/mol. The molecule has 1 aromatic heterocycles. The molecule has 1 aliphatic carbocycles. The van der Waals surface area contributed by atoms with Gasteiger partial charge in [0.25, 0.3) is 0 Å². The van der Waals surface area contributed by atoms with E-state index in [9.17, 15) is 0 Å². The molecule has 59 heavy (non-hydrogen) atoms. The van der Waals surface area contributed by atoms with E-state index in [0.29, 0.717) is 17.5 Å². The summed E-state index contributed by atoms with van der Waals surface area (Å²) in [7, 11) is 0. The second-order valence-corrected chi connectivity index (χ2v) is 15.1.